The molecule has 1 aromatic heterocycles. The van der Waals surface area contributed by atoms with Gasteiger partial charge in [0.1, 0.15) is 0 Å². The highest BCUT2D eigenvalue weighted by Crippen LogP contribution is 2.51. The van der Waals surface area contributed by atoms with Crippen LogP contribution < -0.4 is 10.9 Å². The van der Waals surface area contributed by atoms with Crippen molar-refractivity contribution in [3.63, 3.8) is 0 Å². The molecule has 2 aliphatic carbocycles. The zero-order valence-corrected chi connectivity index (χ0v) is 8.90. The van der Waals surface area contributed by atoms with Gasteiger partial charge in [-0.15, -0.1) is 0 Å². The van der Waals surface area contributed by atoms with Crippen LogP contribution in [0.25, 0.3) is 0 Å². The Balaban J connectivity index is 1.66. The van der Waals surface area contributed by atoms with Crippen LogP contribution in [0, 0.1) is 11.8 Å². The molecule has 0 radical (unpaired) electrons. The Labute approximate surface area is 93.1 Å². The SMILES string of the molecule is O=C(NC1CC2CC2C1)c1cc[nH]c(=O)c1. The number of fused-ring (bicyclic) bond motifs is 1. The standard InChI is InChI=1S/C12H14N2O2/c15-11-6-7(1-2-13-11)12(16)14-10-4-8-3-9(8)5-10/h1-2,6,8-10H,3-5H2,(H,13,15)(H,14,16). The highest BCUT2D eigenvalue weighted by Gasteiger charge is 2.46. The molecule has 0 aromatic carbocycles. The Morgan fingerprint density at radius 1 is 1.31 bits per heavy atom. The monoisotopic (exact) mass is 218 g/mol. The molecular formula is C12H14N2O2. The molecule has 16 heavy (non-hydrogen) atoms. The molecule has 2 aliphatic rings. The number of rotatable bonds is 2. The molecule has 1 aromatic rings. The molecule has 2 fully saturated rings. The molecule has 84 valence electrons. The fourth-order valence-electron chi connectivity index (χ4n) is 2.69. The number of carbonyl (C=O) groups is 1. The van der Waals surface area contributed by atoms with E-state index in [1.165, 1.54) is 18.7 Å². The highest BCUT2D eigenvalue weighted by molar-refractivity contribution is 5.94. The number of H-pyrrole nitrogens is 1. The molecule has 2 atom stereocenters. The van der Waals surface area contributed by atoms with Gasteiger partial charge in [-0.2, -0.15) is 0 Å². The summed E-state index contributed by atoms with van der Waals surface area (Å²) in [6, 6.07) is 3.28. The molecule has 2 N–H and O–H groups in total. The average molecular weight is 218 g/mol. The molecule has 0 spiro atoms. The lowest BCUT2D eigenvalue weighted by Gasteiger charge is -2.13. The third kappa shape index (κ3) is 1.75. The third-order valence-electron chi connectivity index (χ3n) is 3.62. The smallest absolute Gasteiger partial charge is 0.251 e. The highest BCUT2D eigenvalue weighted by atomic mass is 16.2. The first-order chi connectivity index (χ1) is 7.72. The number of aromatic nitrogens is 1. The first-order valence-corrected chi connectivity index (χ1v) is 5.72. The van der Waals surface area contributed by atoms with Crippen LogP contribution in [-0.2, 0) is 0 Å². The molecule has 3 rings (SSSR count). The Morgan fingerprint density at radius 2 is 2.06 bits per heavy atom. The first kappa shape index (κ1) is 9.63. The van der Waals surface area contributed by atoms with Gasteiger partial charge in [0.25, 0.3) is 5.91 Å². The molecule has 4 nitrogen and oxygen atoms in total. The zero-order valence-electron chi connectivity index (χ0n) is 8.90. The van der Waals surface area contributed by atoms with Crippen molar-refractivity contribution >= 4 is 5.91 Å². The largest absolute Gasteiger partial charge is 0.349 e. The van der Waals surface area contributed by atoms with Crippen LogP contribution in [-0.4, -0.2) is 16.9 Å². The van der Waals surface area contributed by atoms with Crippen LogP contribution >= 0.6 is 0 Å². The molecule has 1 heterocycles. The molecule has 0 aliphatic heterocycles. The van der Waals surface area contributed by atoms with Gasteiger partial charge in [0.15, 0.2) is 0 Å². The average Bonchev–Trinajstić information content (AvgIpc) is 2.86. The van der Waals surface area contributed by atoms with Crippen molar-refractivity contribution in [2.75, 3.05) is 0 Å². The van der Waals surface area contributed by atoms with Crippen LogP contribution in [0.15, 0.2) is 23.1 Å². The molecule has 0 saturated heterocycles. The van der Waals surface area contributed by atoms with Crippen molar-refractivity contribution in [1.82, 2.24) is 10.3 Å². The molecule has 0 bridgehead atoms. The van der Waals surface area contributed by atoms with Gasteiger partial charge in [0, 0.05) is 23.9 Å². The van der Waals surface area contributed by atoms with Gasteiger partial charge in [0.05, 0.1) is 0 Å². The van der Waals surface area contributed by atoms with E-state index < -0.39 is 0 Å². The Kier molecular flexibility index (Phi) is 2.09. The molecule has 2 unspecified atom stereocenters. The van der Waals surface area contributed by atoms with Crippen molar-refractivity contribution < 1.29 is 4.79 Å². The van der Waals surface area contributed by atoms with Crippen molar-refractivity contribution in [3.05, 3.63) is 34.2 Å². The van der Waals surface area contributed by atoms with Crippen molar-refractivity contribution in [1.29, 1.82) is 0 Å². The number of nitrogens with one attached hydrogen (secondary N) is 2. The summed E-state index contributed by atoms with van der Waals surface area (Å²) in [5.74, 6) is 1.58. The van der Waals surface area contributed by atoms with E-state index in [0.717, 1.165) is 24.7 Å². The normalized spacial score (nSPS) is 30.9. The summed E-state index contributed by atoms with van der Waals surface area (Å²) in [6.45, 7) is 0. The third-order valence-corrected chi connectivity index (χ3v) is 3.62. The van der Waals surface area contributed by atoms with Gasteiger partial charge in [-0.1, -0.05) is 0 Å². The summed E-state index contributed by atoms with van der Waals surface area (Å²) in [6.07, 6.45) is 5.07. The minimum atomic E-state index is -0.234. The minimum absolute atomic E-state index is 0.127. The summed E-state index contributed by atoms with van der Waals surface area (Å²) in [4.78, 5) is 25.4. The first-order valence-electron chi connectivity index (χ1n) is 5.72. The van der Waals surface area contributed by atoms with Crippen LogP contribution in [0.4, 0.5) is 0 Å². The maximum atomic E-state index is 11.8. The fourth-order valence-corrected chi connectivity index (χ4v) is 2.69. The lowest BCUT2D eigenvalue weighted by molar-refractivity contribution is 0.0935. The van der Waals surface area contributed by atoms with Crippen LogP contribution in [0.3, 0.4) is 0 Å². The van der Waals surface area contributed by atoms with Crippen molar-refractivity contribution in [2.24, 2.45) is 11.8 Å². The Morgan fingerprint density at radius 3 is 2.75 bits per heavy atom. The summed E-state index contributed by atoms with van der Waals surface area (Å²) in [7, 11) is 0. The number of hydrogen-bond donors (Lipinski definition) is 2. The van der Waals surface area contributed by atoms with E-state index >= 15 is 0 Å². The molecule has 2 saturated carbocycles. The number of carbonyl (C=O) groups excluding carboxylic acids is 1. The van der Waals surface area contributed by atoms with E-state index in [-0.39, 0.29) is 11.5 Å². The Hall–Kier alpha value is -1.58. The van der Waals surface area contributed by atoms with Gasteiger partial charge in [-0.3, -0.25) is 9.59 Å². The van der Waals surface area contributed by atoms with E-state index in [1.54, 1.807) is 6.07 Å². The predicted octanol–water partition coefficient (Wildman–Crippen LogP) is 0.903. The quantitative estimate of drug-likeness (QED) is 0.774. The van der Waals surface area contributed by atoms with E-state index in [9.17, 15) is 9.59 Å². The van der Waals surface area contributed by atoms with Gasteiger partial charge in [-0.25, -0.2) is 0 Å². The van der Waals surface area contributed by atoms with E-state index in [1.807, 2.05) is 0 Å². The van der Waals surface area contributed by atoms with Gasteiger partial charge in [-0.05, 0) is 37.2 Å². The summed E-state index contributed by atoms with van der Waals surface area (Å²) in [5, 5.41) is 2.99. The van der Waals surface area contributed by atoms with Crippen molar-refractivity contribution in [3.8, 4) is 0 Å². The fraction of sp³-hybridized carbons (Fsp3) is 0.500. The second kappa shape index (κ2) is 3.47. The number of amides is 1. The van der Waals surface area contributed by atoms with Gasteiger partial charge in [0.2, 0.25) is 5.56 Å². The van der Waals surface area contributed by atoms with Crippen LogP contribution in [0.5, 0.6) is 0 Å². The number of pyridine rings is 1. The summed E-state index contributed by atoms with van der Waals surface area (Å²) >= 11 is 0. The predicted molar refractivity (Wildman–Crippen MR) is 59.1 cm³/mol. The number of hydrogen-bond acceptors (Lipinski definition) is 2. The van der Waals surface area contributed by atoms with Gasteiger partial charge >= 0.3 is 0 Å². The van der Waals surface area contributed by atoms with E-state index in [2.05, 4.69) is 10.3 Å². The van der Waals surface area contributed by atoms with Gasteiger partial charge < -0.3 is 10.3 Å². The topological polar surface area (TPSA) is 62.0 Å². The van der Waals surface area contributed by atoms with Crippen molar-refractivity contribution in [2.45, 2.75) is 25.3 Å². The minimum Gasteiger partial charge on any atom is -0.349 e. The second-order valence-electron chi connectivity index (χ2n) is 4.84. The number of aromatic amines is 1. The molecule has 1 amide bonds. The summed E-state index contributed by atoms with van der Waals surface area (Å²) in [5.41, 5.74) is 0.214. The Bertz CT molecular complexity index is 470. The van der Waals surface area contributed by atoms with Crippen LogP contribution in [0.2, 0.25) is 0 Å². The maximum absolute atomic E-state index is 11.8. The maximum Gasteiger partial charge on any atom is 0.251 e. The zero-order chi connectivity index (χ0) is 11.1. The van der Waals surface area contributed by atoms with E-state index in [4.69, 9.17) is 0 Å². The second-order valence-corrected chi connectivity index (χ2v) is 4.84. The molecule has 4 heteroatoms. The van der Waals surface area contributed by atoms with E-state index in [0.29, 0.717) is 11.6 Å². The lowest BCUT2D eigenvalue weighted by atomic mass is 10.1. The molecular weight excluding hydrogens is 204 g/mol. The lowest BCUT2D eigenvalue weighted by Crippen LogP contribution is -2.34. The summed E-state index contributed by atoms with van der Waals surface area (Å²) < 4.78 is 0. The van der Waals surface area contributed by atoms with Crippen LogP contribution in [0.1, 0.15) is 29.6 Å².